The Morgan fingerprint density at radius 1 is 1.10 bits per heavy atom. The van der Waals surface area contributed by atoms with Crippen molar-refractivity contribution in [2.24, 2.45) is 11.1 Å². The van der Waals surface area contributed by atoms with E-state index < -0.39 is 37.5 Å². The number of carbonyl (C=O) groups excluding carboxylic acids is 2. The van der Waals surface area contributed by atoms with Gasteiger partial charge in [0.1, 0.15) is 6.61 Å². The normalized spacial score (nSPS) is 21.1. The van der Waals surface area contributed by atoms with Gasteiger partial charge in [-0.3, -0.25) is 14.5 Å². The summed E-state index contributed by atoms with van der Waals surface area (Å²) in [5.41, 5.74) is 17.9. The van der Waals surface area contributed by atoms with Crippen LogP contribution in [0, 0.1) is 5.41 Å². The summed E-state index contributed by atoms with van der Waals surface area (Å²) in [5.74, 6) is -3.40. The third-order valence-electron chi connectivity index (χ3n) is 7.25. The fraction of sp³-hybridized carbons (Fsp3) is 0.594. The van der Waals surface area contributed by atoms with Crippen LogP contribution < -0.4 is 10.8 Å². The Hall–Kier alpha value is -2.32. The molecule has 0 bridgehead atoms. The first-order valence-electron chi connectivity index (χ1n) is 14.4. The Morgan fingerprint density at radius 2 is 1.76 bits per heavy atom. The van der Waals surface area contributed by atoms with Gasteiger partial charge in [-0.2, -0.15) is 0 Å². The van der Waals surface area contributed by atoms with Gasteiger partial charge in [0.05, 0.1) is 19.1 Å². The van der Waals surface area contributed by atoms with E-state index in [1.165, 1.54) is 36.8 Å². The predicted molar refractivity (Wildman–Crippen MR) is 161 cm³/mol. The first-order chi connectivity index (χ1) is 19.2. The van der Waals surface area contributed by atoms with Gasteiger partial charge < -0.3 is 31.2 Å². The first kappa shape index (κ1) is 39.7. The summed E-state index contributed by atoms with van der Waals surface area (Å²) in [7, 11) is 0. The number of nitrogens with two attached hydrogens (primary N) is 1. The standard InChI is InChI=1S/C26H37NO6.C6H13N2.Pt/c1-19(10-7-13-22-21(3)12-8-14-26(22,4)5)9-6-11-20(2)18-33-25(32)17-27(15-23(28)29)16-24(30)31;7-5-3-1-2-4-6(5)8;/h6-7,9-11,13H,8,12,14-18H2,1-5H3,(H,28,29)(H,30,31);5-7H,1-4,8H2;/q;-1;+2/p-1/b9-6+,13-7+,19-10+,20-11+;;/t;5-,6-;/m.1./s1. The minimum atomic E-state index is -1.46. The van der Waals surface area contributed by atoms with E-state index in [-0.39, 0.29) is 45.2 Å². The Bertz CT molecular complexity index is 1020. The van der Waals surface area contributed by atoms with Crippen molar-refractivity contribution in [3.05, 3.63) is 64.5 Å². The number of carboxylic acids is 2. The van der Waals surface area contributed by atoms with Crippen LogP contribution in [0.25, 0.3) is 5.73 Å². The fourth-order valence-corrected chi connectivity index (χ4v) is 4.90. The summed E-state index contributed by atoms with van der Waals surface area (Å²) in [6, 6.07) is 0.201. The molecular weight excluding hydrogens is 717 g/mol. The SMILES string of the molecule is CC1=C(/C=C/C=C(C)/C=C/C=C(\C)COC(=O)CN(CC(=O)[O-])CC(=O)O)C(C)(C)CCC1.[NH-][C@@H]1CCCC[C@H]1N.[Pt+2]. The number of carbonyl (C=O) groups is 3. The van der Waals surface area contributed by atoms with Crippen molar-refractivity contribution in [1.29, 1.82) is 0 Å². The average Bonchev–Trinajstić information content (AvgIpc) is 2.86. The van der Waals surface area contributed by atoms with Crippen LogP contribution >= 0.6 is 0 Å². The number of ether oxygens (including phenoxy) is 1. The van der Waals surface area contributed by atoms with Crippen LogP contribution in [0.3, 0.4) is 0 Å². The summed E-state index contributed by atoms with van der Waals surface area (Å²) in [6.45, 7) is 8.94. The summed E-state index contributed by atoms with van der Waals surface area (Å²) >= 11 is 0. The smallest absolute Gasteiger partial charge is 0.673 e. The van der Waals surface area contributed by atoms with Crippen LogP contribution in [0.15, 0.2) is 58.7 Å². The molecule has 0 radical (unpaired) electrons. The molecule has 238 valence electrons. The summed E-state index contributed by atoms with van der Waals surface area (Å²) in [4.78, 5) is 34.3. The molecule has 2 aliphatic rings. The van der Waals surface area contributed by atoms with Gasteiger partial charge in [-0.25, -0.2) is 0 Å². The number of nitrogens with zero attached hydrogens (tertiary/aromatic N) is 1. The molecule has 2 rings (SSSR count). The van der Waals surface area contributed by atoms with Gasteiger partial charge in [-0.1, -0.05) is 80.7 Å². The van der Waals surface area contributed by atoms with E-state index in [1.54, 1.807) is 6.92 Å². The second kappa shape index (κ2) is 20.6. The number of carboxylic acid groups (broad SMARTS) is 2. The zero-order chi connectivity index (χ0) is 31.0. The minimum absolute atomic E-state index is 0. The molecule has 0 aromatic rings. The molecule has 42 heavy (non-hydrogen) atoms. The van der Waals surface area contributed by atoms with Crippen LogP contribution in [0.2, 0.25) is 0 Å². The van der Waals surface area contributed by atoms with E-state index >= 15 is 0 Å². The maximum absolute atomic E-state index is 11.9. The molecule has 2 atom stereocenters. The molecule has 0 amide bonds. The predicted octanol–water partition coefficient (Wildman–Crippen LogP) is 4.50. The molecule has 0 aliphatic heterocycles. The Morgan fingerprint density at radius 3 is 2.31 bits per heavy atom. The Kier molecular flexibility index (Phi) is 19.4. The van der Waals surface area contributed by atoms with E-state index in [1.807, 2.05) is 25.2 Å². The Balaban J connectivity index is 0.00000160. The number of aliphatic carboxylic acids is 2. The third-order valence-corrected chi connectivity index (χ3v) is 7.25. The molecule has 0 heterocycles. The maximum atomic E-state index is 11.9. The van der Waals surface area contributed by atoms with Gasteiger partial charge in [0, 0.05) is 6.54 Å². The second-order valence-electron chi connectivity index (χ2n) is 11.7. The molecule has 0 aromatic carbocycles. The number of hydrogen-bond acceptors (Lipinski definition) is 7. The Labute approximate surface area is 266 Å². The van der Waals surface area contributed by atoms with Crippen molar-refractivity contribution in [2.75, 3.05) is 26.2 Å². The number of esters is 1. The zero-order valence-corrected chi connectivity index (χ0v) is 28.0. The van der Waals surface area contributed by atoms with E-state index in [9.17, 15) is 19.5 Å². The molecule has 0 spiro atoms. The molecule has 0 aromatic heterocycles. The van der Waals surface area contributed by atoms with Gasteiger partial charge in [-0.05, 0) is 69.1 Å². The molecule has 0 unspecified atom stereocenters. The first-order valence-corrected chi connectivity index (χ1v) is 14.4. The van der Waals surface area contributed by atoms with Gasteiger partial charge in [0.2, 0.25) is 0 Å². The maximum Gasteiger partial charge on any atom is 2.00 e. The quantitative estimate of drug-likeness (QED) is 0.217. The number of nitrogens with one attached hydrogen (secondary N) is 1. The summed E-state index contributed by atoms with van der Waals surface area (Å²) in [5, 5.41) is 19.5. The topological polar surface area (TPSA) is 157 Å². The van der Waals surface area contributed by atoms with Crippen molar-refractivity contribution >= 4 is 17.9 Å². The summed E-state index contributed by atoms with van der Waals surface area (Å²) < 4.78 is 5.10. The third kappa shape index (κ3) is 17.0. The second-order valence-corrected chi connectivity index (χ2v) is 11.7. The van der Waals surface area contributed by atoms with Crippen LogP contribution in [-0.2, 0) is 40.2 Å². The van der Waals surface area contributed by atoms with Gasteiger partial charge in [-0.15, -0.1) is 6.04 Å². The molecule has 1 saturated carbocycles. The summed E-state index contributed by atoms with van der Waals surface area (Å²) in [6.07, 6.45) is 20.1. The van der Waals surface area contributed by atoms with Gasteiger partial charge in [0.25, 0.3) is 0 Å². The van der Waals surface area contributed by atoms with Crippen LogP contribution in [0.1, 0.15) is 79.6 Å². The van der Waals surface area contributed by atoms with E-state index in [2.05, 4.69) is 39.0 Å². The van der Waals surface area contributed by atoms with Crippen molar-refractivity contribution in [3.63, 3.8) is 0 Å². The monoisotopic (exact) mass is 766 g/mol. The number of rotatable bonds is 12. The van der Waals surface area contributed by atoms with Crippen molar-refractivity contribution in [2.45, 2.75) is 91.6 Å². The van der Waals surface area contributed by atoms with Crippen molar-refractivity contribution < 1.29 is 50.4 Å². The van der Waals surface area contributed by atoms with E-state index in [0.717, 1.165) is 35.3 Å². The molecule has 1 fully saturated rings. The molecule has 10 heteroatoms. The van der Waals surface area contributed by atoms with E-state index in [0.29, 0.717) is 0 Å². The number of hydrogen-bond donors (Lipinski definition) is 2. The van der Waals surface area contributed by atoms with Crippen LogP contribution in [0.4, 0.5) is 0 Å². The number of allylic oxidation sites excluding steroid dienone is 9. The van der Waals surface area contributed by atoms with Gasteiger partial charge in [0.15, 0.2) is 0 Å². The molecule has 9 nitrogen and oxygen atoms in total. The van der Waals surface area contributed by atoms with Gasteiger partial charge >= 0.3 is 33.0 Å². The average molecular weight is 767 g/mol. The minimum Gasteiger partial charge on any atom is -0.673 e. The molecular formula is C32H49N3O6Pt. The fourth-order valence-electron chi connectivity index (χ4n) is 4.90. The van der Waals surface area contributed by atoms with Crippen LogP contribution in [0.5, 0.6) is 0 Å². The largest absolute Gasteiger partial charge is 2.00 e. The van der Waals surface area contributed by atoms with E-state index in [4.69, 9.17) is 21.3 Å². The van der Waals surface area contributed by atoms with Crippen LogP contribution in [-0.4, -0.2) is 66.2 Å². The van der Waals surface area contributed by atoms with Crippen molar-refractivity contribution in [1.82, 2.24) is 4.90 Å². The molecule has 2 aliphatic carbocycles. The van der Waals surface area contributed by atoms with Crippen molar-refractivity contribution in [3.8, 4) is 0 Å². The zero-order valence-electron chi connectivity index (χ0n) is 25.7. The molecule has 0 saturated heterocycles. The molecule has 4 N–H and O–H groups in total.